The molecule has 0 aliphatic carbocycles. The lowest BCUT2D eigenvalue weighted by Crippen LogP contribution is -2.25. The van der Waals surface area contributed by atoms with Gasteiger partial charge in [0.15, 0.2) is 0 Å². The van der Waals surface area contributed by atoms with Crippen molar-refractivity contribution in [3.63, 3.8) is 0 Å². The largest absolute Gasteiger partial charge is 0.474 e. The number of aromatic nitrogens is 4. The Labute approximate surface area is 179 Å². The molecule has 164 valence electrons. The number of hydrogen-bond acceptors (Lipinski definition) is 9. The van der Waals surface area contributed by atoms with E-state index in [1.54, 1.807) is 0 Å². The summed E-state index contributed by atoms with van der Waals surface area (Å²) < 4.78 is 34.9. The fourth-order valence-corrected chi connectivity index (χ4v) is 3.45. The van der Waals surface area contributed by atoms with Crippen molar-refractivity contribution in [1.82, 2.24) is 20.0 Å². The number of ketones is 1. The average molecular weight is 453 g/mol. The highest BCUT2D eigenvalue weighted by Crippen LogP contribution is 2.27. The first kappa shape index (κ1) is 21.2. The molecule has 1 saturated heterocycles. The Morgan fingerprint density at radius 1 is 1.32 bits per heavy atom. The van der Waals surface area contributed by atoms with E-state index in [1.165, 1.54) is 12.1 Å². The van der Waals surface area contributed by atoms with Crippen molar-refractivity contribution < 1.29 is 27.8 Å². The fourth-order valence-electron chi connectivity index (χ4n) is 3.28. The first-order chi connectivity index (χ1) is 15.0. The molecule has 1 fully saturated rings. The number of hydrogen-bond donors (Lipinski definition) is 0. The Bertz CT molecular complexity index is 1120. The summed E-state index contributed by atoms with van der Waals surface area (Å²) >= 11 is 5.81. The quantitative estimate of drug-likeness (QED) is 0.474. The minimum atomic E-state index is -0.841. The number of Topliss-reactive ketones (excluding diaryl/α,β-unsaturated/α-hetero) is 1. The van der Waals surface area contributed by atoms with Crippen LogP contribution in [0.1, 0.15) is 25.7 Å². The Morgan fingerprint density at radius 3 is 2.97 bits per heavy atom. The number of carbonyl (C=O) groups excluding carboxylic acids is 1. The van der Waals surface area contributed by atoms with Gasteiger partial charge < -0.3 is 9.47 Å². The minimum Gasteiger partial charge on any atom is -0.474 e. The zero-order chi connectivity index (χ0) is 21.8. The smallest absolute Gasteiger partial charge is 0.446 e. The summed E-state index contributed by atoms with van der Waals surface area (Å²) in [6.07, 6.45) is 2.53. The molecule has 0 N–H and O–H groups in total. The van der Waals surface area contributed by atoms with Gasteiger partial charge in [-0.1, -0.05) is 16.8 Å². The molecule has 0 radical (unpaired) electrons. The van der Waals surface area contributed by atoms with Crippen molar-refractivity contribution in [3.8, 4) is 23.1 Å². The van der Waals surface area contributed by atoms with E-state index >= 15 is 0 Å². The van der Waals surface area contributed by atoms with Crippen LogP contribution in [0.25, 0.3) is 17.2 Å². The van der Waals surface area contributed by atoms with E-state index < -0.39 is 11.6 Å². The standard InChI is InChI=1S/C19H18ClFN4O6/c20-13-9-12(5-6-14(13)21)25-17(23-30-19(25)27)16-18(24-31-22-16)29-8-2-4-15(26)11-3-1-7-28-10-11/h5-6,9,11H,1-4,7-8,10H2. The van der Waals surface area contributed by atoms with Crippen molar-refractivity contribution in [2.75, 3.05) is 19.8 Å². The molecule has 3 aromatic rings. The number of carbonyl (C=O) groups is 1. The van der Waals surface area contributed by atoms with Crippen molar-refractivity contribution in [2.24, 2.45) is 5.92 Å². The Hall–Kier alpha value is -3.05. The first-order valence-corrected chi connectivity index (χ1v) is 10.0. The summed E-state index contributed by atoms with van der Waals surface area (Å²) in [5.74, 6) is -1.49. The van der Waals surface area contributed by atoms with Crippen molar-refractivity contribution in [1.29, 1.82) is 0 Å². The van der Waals surface area contributed by atoms with Gasteiger partial charge in [0.1, 0.15) is 11.6 Å². The summed E-state index contributed by atoms with van der Waals surface area (Å²) in [7, 11) is 0. The van der Waals surface area contributed by atoms with Crippen LogP contribution in [0.2, 0.25) is 5.02 Å². The van der Waals surface area contributed by atoms with Gasteiger partial charge >= 0.3 is 5.76 Å². The highest BCUT2D eigenvalue weighted by molar-refractivity contribution is 6.30. The molecule has 0 spiro atoms. The van der Waals surface area contributed by atoms with Crippen molar-refractivity contribution >= 4 is 17.4 Å². The third kappa shape index (κ3) is 4.67. The van der Waals surface area contributed by atoms with E-state index in [2.05, 4.69) is 15.5 Å². The maximum Gasteiger partial charge on any atom is 0.446 e. The summed E-state index contributed by atoms with van der Waals surface area (Å²) in [6.45, 7) is 1.34. The normalized spacial score (nSPS) is 16.4. The monoisotopic (exact) mass is 452 g/mol. The summed E-state index contributed by atoms with van der Waals surface area (Å²) in [4.78, 5) is 24.4. The van der Waals surface area contributed by atoms with E-state index in [1.807, 2.05) is 0 Å². The SMILES string of the molecule is O=C(CCCOc1nonc1-c1noc(=O)n1-c1ccc(F)c(Cl)c1)C1CCCOC1. The molecule has 0 bridgehead atoms. The second-order valence-electron chi connectivity index (χ2n) is 6.96. The van der Waals surface area contributed by atoms with E-state index in [9.17, 15) is 14.0 Å². The summed E-state index contributed by atoms with van der Waals surface area (Å²) in [5.41, 5.74) is 0.222. The zero-order valence-corrected chi connectivity index (χ0v) is 17.0. The van der Waals surface area contributed by atoms with E-state index in [4.69, 9.17) is 30.2 Å². The molecule has 0 saturated carbocycles. The van der Waals surface area contributed by atoms with Gasteiger partial charge in [-0.05, 0) is 47.8 Å². The molecule has 10 nitrogen and oxygen atoms in total. The Kier molecular flexibility index (Phi) is 6.42. The predicted molar refractivity (Wildman–Crippen MR) is 104 cm³/mol. The summed E-state index contributed by atoms with van der Waals surface area (Å²) in [5, 5.41) is 10.9. The molecule has 31 heavy (non-hydrogen) atoms. The molecule has 1 aliphatic rings. The van der Waals surface area contributed by atoms with Gasteiger partial charge in [0.25, 0.3) is 5.88 Å². The lowest BCUT2D eigenvalue weighted by atomic mass is 9.95. The van der Waals surface area contributed by atoms with Crippen LogP contribution in [0.5, 0.6) is 5.88 Å². The van der Waals surface area contributed by atoms with Gasteiger partial charge in [-0.25, -0.2) is 18.4 Å². The van der Waals surface area contributed by atoms with Gasteiger partial charge in [0.2, 0.25) is 11.5 Å². The molecule has 1 aromatic carbocycles. The van der Waals surface area contributed by atoms with Gasteiger partial charge in [-0.2, -0.15) is 0 Å². The predicted octanol–water partition coefficient (Wildman–Crippen LogP) is 2.82. The van der Waals surface area contributed by atoms with Gasteiger partial charge in [-0.15, -0.1) is 0 Å². The van der Waals surface area contributed by atoms with E-state index in [0.29, 0.717) is 26.1 Å². The van der Waals surface area contributed by atoms with E-state index in [0.717, 1.165) is 23.5 Å². The van der Waals surface area contributed by atoms with E-state index in [-0.39, 0.29) is 46.4 Å². The lowest BCUT2D eigenvalue weighted by Gasteiger charge is -2.20. The van der Waals surface area contributed by atoms with Gasteiger partial charge in [-0.3, -0.25) is 9.32 Å². The molecule has 0 amide bonds. The fraction of sp³-hybridized carbons (Fsp3) is 0.421. The lowest BCUT2D eigenvalue weighted by molar-refractivity contribution is -0.127. The minimum absolute atomic E-state index is 0.0123. The molecule has 3 heterocycles. The third-order valence-corrected chi connectivity index (χ3v) is 5.15. The van der Waals surface area contributed by atoms with Crippen LogP contribution in [0.15, 0.2) is 32.1 Å². The molecular weight excluding hydrogens is 435 g/mol. The molecule has 4 rings (SSSR count). The van der Waals surface area contributed by atoms with Crippen LogP contribution in [-0.2, 0) is 9.53 Å². The Morgan fingerprint density at radius 2 is 2.19 bits per heavy atom. The molecule has 12 heteroatoms. The van der Waals surface area contributed by atoms with Crippen molar-refractivity contribution in [3.05, 3.63) is 39.6 Å². The molecule has 1 atom stereocenters. The second-order valence-corrected chi connectivity index (χ2v) is 7.36. The van der Waals surface area contributed by atoms with Crippen molar-refractivity contribution in [2.45, 2.75) is 25.7 Å². The first-order valence-electron chi connectivity index (χ1n) is 9.65. The number of ether oxygens (including phenoxy) is 2. The topological polar surface area (TPSA) is 122 Å². The zero-order valence-electron chi connectivity index (χ0n) is 16.3. The highest BCUT2D eigenvalue weighted by Gasteiger charge is 2.25. The molecule has 2 aromatic heterocycles. The van der Waals surface area contributed by atoms with Crippen LogP contribution >= 0.6 is 11.6 Å². The van der Waals surface area contributed by atoms with Crippen LogP contribution in [-0.4, -0.2) is 45.6 Å². The van der Waals surface area contributed by atoms with Crippen LogP contribution in [0, 0.1) is 11.7 Å². The maximum absolute atomic E-state index is 13.5. The Balaban J connectivity index is 1.45. The number of halogens is 2. The number of rotatable bonds is 8. The molecule has 1 aliphatic heterocycles. The highest BCUT2D eigenvalue weighted by atomic mass is 35.5. The molecular formula is C19H18ClFN4O6. The molecule has 1 unspecified atom stereocenters. The third-order valence-electron chi connectivity index (χ3n) is 4.86. The maximum atomic E-state index is 13.5. The second kappa shape index (κ2) is 9.40. The van der Waals surface area contributed by atoms with Crippen LogP contribution in [0.4, 0.5) is 4.39 Å². The van der Waals surface area contributed by atoms with Crippen LogP contribution < -0.4 is 10.5 Å². The van der Waals surface area contributed by atoms with Gasteiger partial charge in [0, 0.05) is 18.9 Å². The number of benzene rings is 1. The van der Waals surface area contributed by atoms with Crippen LogP contribution in [0.3, 0.4) is 0 Å². The average Bonchev–Trinajstić information content (AvgIpc) is 3.39. The number of nitrogens with zero attached hydrogens (tertiary/aromatic N) is 4. The summed E-state index contributed by atoms with van der Waals surface area (Å²) in [6, 6.07) is 3.68. The van der Waals surface area contributed by atoms with Gasteiger partial charge in [0.05, 0.1) is 23.9 Å².